The van der Waals surface area contributed by atoms with Crippen molar-refractivity contribution in [3.63, 3.8) is 0 Å². The number of aliphatic imine (C=N–C) groups is 1. The van der Waals surface area contributed by atoms with Crippen LogP contribution in [0.15, 0.2) is 15.5 Å². The Balaban J connectivity index is 2.75. The molecule has 3 nitrogen and oxygen atoms in total. The molecule has 1 aromatic rings. The highest BCUT2D eigenvalue weighted by atomic mass is 79.9. The third-order valence-electron chi connectivity index (χ3n) is 3.49. The smallest absolute Gasteiger partial charge is 0.235 e. The number of hydrogen-bond donors (Lipinski definition) is 0. The van der Waals surface area contributed by atoms with Gasteiger partial charge in [-0.25, -0.2) is 13.6 Å². The van der Waals surface area contributed by atoms with E-state index in [9.17, 15) is 13.6 Å². The molecule has 0 unspecified atom stereocenters. The van der Waals surface area contributed by atoms with Crippen molar-refractivity contribution in [2.75, 3.05) is 7.11 Å². The largest absolute Gasteiger partial charge is 0.495 e. The van der Waals surface area contributed by atoms with E-state index in [4.69, 9.17) is 4.74 Å². The molecule has 2 rings (SSSR count). The van der Waals surface area contributed by atoms with Crippen molar-refractivity contribution in [1.82, 2.24) is 0 Å². The van der Waals surface area contributed by atoms with Gasteiger partial charge < -0.3 is 4.74 Å². The number of isocyanates is 1. The second kappa shape index (κ2) is 5.39. The van der Waals surface area contributed by atoms with Crippen molar-refractivity contribution in [2.45, 2.75) is 31.2 Å². The average Bonchev–Trinajstić information content (AvgIpc) is 2.83. The Labute approximate surface area is 117 Å². The summed E-state index contributed by atoms with van der Waals surface area (Å²) in [5, 5.41) is 0. The fraction of sp³-hybridized carbons (Fsp3) is 0.462. The maximum absolute atomic E-state index is 14.2. The molecule has 0 N–H and O–H groups in total. The molecule has 0 bridgehead atoms. The van der Waals surface area contributed by atoms with Crippen LogP contribution in [0.4, 0.5) is 8.78 Å². The summed E-state index contributed by atoms with van der Waals surface area (Å²) in [4.78, 5) is 14.4. The van der Waals surface area contributed by atoms with Gasteiger partial charge in [-0.3, -0.25) is 0 Å². The van der Waals surface area contributed by atoms with E-state index in [2.05, 4.69) is 20.9 Å². The summed E-state index contributed by atoms with van der Waals surface area (Å²) in [6.45, 7) is 0. The summed E-state index contributed by atoms with van der Waals surface area (Å²) in [5.41, 5.74) is -1.07. The molecule has 1 saturated carbocycles. The first kappa shape index (κ1) is 14.2. The van der Waals surface area contributed by atoms with Crippen LogP contribution in [0.25, 0.3) is 0 Å². The van der Waals surface area contributed by atoms with Crippen molar-refractivity contribution in [3.05, 3.63) is 27.7 Å². The monoisotopic (exact) mass is 331 g/mol. The molecule has 1 fully saturated rings. The van der Waals surface area contributed by atoms with Gasteiger partial charge in [-0.05, 0) is 34.8 Å². The van der Waals surface area contributed by atoms with E-state index in [-0.39, 0.29) is 11.3 Å². The van der Waals surface area contributed by atoms with Crippen LogP contribution in [0, 0.1) is 11.6 Å². The van der Waals surface area contributed by atoms with Crippen LogP contribution >= 0.6 is 15.9 Å². The van der Waals surface area contributed by atoms with Gasteiger partial charge in [-0.1, -0.05) is 12.8 Å². The first-order valence-electron chi connectivity index (χ1n) is 5.87. The molecule has 0 saturated heterocycles. The predicted molar refractivity (Wildman–Crippen MR) is 68.9 cm³/mol. The van der Waals surface area contributed by atoms with Gasteiger partial charge in [0.1, 0.15) is 11.3 Å². The third kappa shape index (κ3) is 2.30. The van der Waals surface area contributed by atoms with Crippen LogP contribution in [-0.4, -0.2) is 13.2 Å². The molecule has 6 heteroatoms. The Morgan fingerprint density at radius 1 is 1.42 bits per heavy atom. The molecule has 1 aliphatic rings. The summed E-state index contributed by atoms with van der Waals surface area (Å²) in [6, 6.07) is 1.00. The second-order valence-electron chi connectivity index (χ2n) is 4.50. The molecule has 19 heavy (non-hydrogen) atoms. The molecule has 1 aromatic carbocycles. The number of ether oxygens (including phenoxy) is 1. The van der Waals surface area contributed by atoms with Crippen molar-refractivity contribution in [1.29, 1.82) is 0 Å². The standard InChI is InChI=1S/C13H12BrF2NO2/c1-19-12-8(14)6-9(15)11(16)10(12)13(17-7-18)4-2-3-5-13/h6H,2-5H2,1H3. The quantitative estimate of drug-likeness (QED) is 0.479. The number of methoxy groups -OCH3 is 1. The van der Waals surface area contributed by atoms with E-state index < -0.39 is 17.2 Å². The zero-order chi connectivity index (χ0) is 14.0. The SMILES string of the molecule is COc1c(Br)cc(F)c(F)c1C1(N=C=O)CCCC1. The Morgan fingerprint density at radius 3 is 2.58 bits per heavy atom. The number of benzene rings is 1. The normalized spacial score (nSPS) is 17.1. The van der Waals surface area contributed by atoms with Crippen LogP contribution in [0.1, 0.15) is 31.2 Å². The lowest BCUT2D eigenvalue weighted by Gasteiger charge is -2.26. The lowest BCUT2D eigenvalue weighted by atomic mass is 9.87. The molecule has 0 spiro atoms. The van der Waals surface area contributed by atoms with E-state index in [1.807, 2.05) is 0 Å². The van der Waals surface area contributed by atoms with Gasteiger partial charge in [0.15, 0.2) is 11.6 Å². The minimum atomic E-state index is -1.07. The van der Waals surface area contributed by atoms with Crippen molar-refractivity contribution >= 4 is 22.0 Å². The predicted octanol–water partition coefficient (Wildman–Crippen LogP) is 3.84. The maximum Gasteiger partial charge on any atom is 0.235 e. The van der Waals surface area contributed by atoms with Gasteiger partial charge in [0.05, 0.1) is 17.1 Å². The van der Waals surface area contributed by atoms with Gasteiger partial charge in [0, 0.05) is 0 Å². The molecule has 0 aromatic heterocycles. The maximum atomic E-state index is 14.2. The lowest BCUT2D eigenvalue weighted by molar-refractivity contribution is 0.354. The summed E-state index contributed by atoms with van der Waals surface area (Å²) < 4.78 is 33.3. The highest BCUT2D eigenvalue weighted by Crippen LogP contribution is 2.49. The number of hydrogen-bond acceptors (Lipinski definition) is 3. The number of nitrogens with zero attached hydrogens (tertiary/aromatic N) is 1. The molecule has 0 amide bonds. The molecular formula is C13H12BrF2NO2. The number of rotatable bonds is 3. The van der Waals surface area contributed by atoms with Crippen LogP contribution in [0.3, 0.4) is 0 Å². The summed E-state index contributed by atoms with van der Waals surface area (Å²) >= 11 is 3.14. The highest BCUT2D eigenvalue weighted by Gasteiger charge is 2.42. The van der Waals surface area contributed by atoms with E-state index in [0.29, 0.717) is 17.3 Å². The Kier molecular flexibility index (Phi) is 4.02. The van der Waals surface area contributed by atoms with Gasteiger partial charge in [-0.2, -0.15) is 4.99 Å². The van der Waals surface area contributed by atoms with Gasteiger partial charge in [0.2, 0.25) is 6.08 Å². The van der Waals surface area contributed by atoms with E-state index in [0.717, 1.165) is 18.9 Å². The lowest BCUT2D eigenvalue weighted by Crippen LogP contribution is -2.23. The van der Waals surface area contributed by atoms with Crippen molar-refractivity contribution < 1.29 is 18.3 Å². The number of halogens is 3. The van der Waals surface area contributed by atoms with Gasteiger partial charge >= 0.3 is 0 Å². The fourth-order valence-corrected chi connectivity index (χ4v) is 3.22. The first-order valence-corrected chi connectivity index (χ1v) is 6.66. The molecule has 102 valence electrons. The molecule has 1 aliphatic carbocycles. The van der Waals surface area contributed by atoms with Gasteiger partial charge in [0.25, 0.3) is 0 Å². The van der Waals surface area contributed by atoms with Crippen molar-refractivity contribution in [2.24, 2.45) is 4.99 Å². The molecule has 0 radical (unpaired) electrons. The first-order chi connectivity index (χ1) is 9.05. The average molecular weight is 332 g/mol. The Bertz CT molecular complexity index is 550. The van der Waals surface area contributed by atoms with Crippen LogP contribution in [0.5, 0.6) is 5.75 Å². The molecule has 0 aliphatic heterocycles. The fourth-order valence-electron chi connectivity index (χ4n) is 2.66. The summed E-state index contributed by atoms with van der Waals surface area (Å²) in [6.07, 6.45) is 4.02. The van der Waals surface area contributed by atoms with Crippen molar-refractivity contribution in [3.8, 4) is 5.75 Å². The molecule has 0 atom stereocenters. The topological polar surface area (TPSA) is 38.7 Å². The number of carbonyl (C=O) groups excluding carboxylic acids is 1. The van der Waals surface area contributed by atoms with Gasteiger partial charge in [-0.15, -0.1) is 0 Å². The van der Waals surface area contributed by atoms with E-state index in [1.165, 1.54) is 13.2 Å². The third-order valence-corrected chi connectivity index (χ3v) is 4.08. The molecule has 0 heterocycles. The van der Waals surface area contributed by atoms with E-state index >= 15 is 0 Å². The Morgan fingerprint density at radius 2 is 2.05 bits per heavy atom. The zero-order valence-corrected chi connectivity index (χ0v) is 11.9. The summed E-state index contributed by atoms with van der Waals surface area (Å²) in [7, 11) is 1.37. The minimum absolute atomic E-state index is 0.00252. The van der Waals surface area contributed by atoms with Crippen LogP contribution < -0.4 is 4.74 Å². The summed E-state index contributed by atoms with van der Waals surface area (Å²) in [5.74, 6) is -1.82. The zero-order valence-electron chi connectivity index (χ0n) is 10.3. The van der Waals surface area contributed by atoms with E-state index in [1.54, 1.807) is 0 Å². The minimum Gasteiger partial charge on any atom is -0.495 e. The van der Waals surface area contributed by atoms with Crippen LogP contribution in [-0.2, 0) is 10.3 Å². The molecular weight excluding hydrogens is 320 g/mol. The second-order valence-corrected chi connectivity index (χ2v) is 5.36. The van der Waals surface area contributed by atoms with Crippen LogP contribution in [0.2, 0.25) is 0 Å². The highest BCUT2D eigenvalue weighted by molar-refractivity contribution is 9.10. The Hall–Kier alpha value is -1.26.